The number of likely N-dealkylation sites (N-methyl/N-ethyl adjacent to an activating group) is 1. The van der Waals surface area contributed by atoms with Crippen molar-refractivity contribution in [3.8, 4) is 0 Å². The highest BCUT2D eigenvalue weighted by atomic mass is 19.1. The molecule has 0 spiro atoms. The van der Waals surface area contributed by atoms with E-state index in [-0.39, 0.29) is 36.9 Å². The highest BCUT2D eigenvalue weighted by Gasteiger charge is 2.53. The minimum atomic E-state index is -0.608. The molecule has 2 aliphatic heterocycles. The average Bonchev–Trinajstić information content (AvgIpc) is 2.79. The number of nitrogens with zero attached hydrogens (tertiary/aromatic N) is 4. The van der Waals surface area contributed by atoms with Crippen molar-refractivity contribution in [1.82, 2.24) is 19.8 Å². The number of carbonyl (C=O) groups excluding carboxylic acids is 3. The Balaban J connectivity index is 1.67. The number of amides is 4. The Morgan fingerprint density at radius 3 is 2.61 bits per heavy atom. The van der Waals surface area contributed by atoms with Gasteiger partial charge in [0.15, 0.2) is 0 Å². The third-order valence-electron chi connectivity index (χ3n) is 7.30. The lowest BCUT2D eigenvalue weighted by atomic mass is 9.88. The number of carbonyl (C=O) groups is 3. The Morgan fingerprint density at radius 2 is 1.94 bits per heavy atom. The van der Waals surface area contributed by atoms with E-state index < -0.39 is 24.1 Å². The van der Waals surface area contributed by atoms with E-state index in [0.717, 1.165) is 32.1 Å². The van der Waals surface area contributed by atoms with Crippen molar-refractivity contribution in [3.63, 3.8) is 0 Å². The molecule has 33 heavy (non-hydrogen) atoms. The van der Waals surface area contributed by atoms with Gasteiger partial charge in [-0.2, -0.15) is 0 Å². The van der Waals surface area contributed by atoms with Gasteiger partial charge in [-0.15, -0.1) is 0 Å². The number of nitrogens with one attached hydrogen (secondary N) is 1. The summed E-state index contributed by atoms with van der Waals surface area (Å²) in [4.78, 5) is 43.8. The van der Waals surface area contributed by atoms with Gasteiger partial charge in [0, 0.05) is 18.8 Å². The first-order valence-electron chi connectivity index (χ1n) is 12.0. The van der Waals surface area contributed by atoms with E-state index in [9.17, 15) is 18.8 Å². The number of hydrazine groups is 1. The fraction of sp³-hybridized carbons (Fsp3) is 0.625. The Bertz CT molecular complexity index is 906. The van der Waals surface area contributed by atoms with E-state index in [0.29, 0.717) is 5.69 Å². The molecule has 1 saturated carbocycles. The molecule has 0 radical (unpaired) electrons. The number of hydrogen-bond acceptors (Lipinski definition) is 4. The van der Waals surface area contributed by atoms with Crippen LogP contribution >= 0.6 is 0 Å². The molecule has 3 atom stereocenters. The number of hydrogen-bond donors (Lipinski definition) is 1. The van der Waals surface area contributed by atoms with Gasteiger partial charge in [-0.3, -0.25) is 9.59 Å². The number of rotatable bonds is 4. The first kappa shape index (κ1) is 23.5. The molecule has 4 rings (SSSR count). The molecule has 4 amide bonds. The van der Waals surface area contributed by atoms with Crippen LogP contribution in [-0.2, 0) is 9.59 Å². The van der Waals surface area contributed by atoms with Crippen LogP contribution in [0.4, 0.5) is 14.9 Å². The van der Waals surface area contributed by atoms with Gasteiger partial charge in [0.25, 0.3) is 0 Å². The van der Waals surface area contributed by atoms with Gasteiger partial charge in [0.2, 0.25) is 11.8 Å². The third kappa shape index (κ3) is 4.55. The zero-order valence-electron chi connectivity index (χ0n) is 19.7. The number of anilines is 1. The molecule has 1 N–H and O–H groups in total. The van der Waals surface area contributed by atoms with E-state index >= 15 is 0 Å². The summed E-state index contributed by atoms with van der Waals surface area (Å²) in [7, 11) is 1.69. The molecule has 0 aromatic heterocycles. The standard InChI is InChI=1S/C24H34FN5O3/c1-4-16(2)22-23(32)28(19-11-6-5-7-12-19)14-20-29(22)21(31)15-27(3)30(20)24(33)26-18-10-8-9-17(25)13-18/h8-10,13,16,19-20,22H,4-7,11-12,14-15H2,1-3H3,(H,26,33)/t16?,20-,22-/m0/s1. The lowest BCUT2D eigenvalue weighted by molar-refractivity contribution is -0.192. The van der Waals surface area contributed by atoms with Crippen molar-refractivity contribution in [2.75, 3.05) is 25.5 Å². The molecular formula is C24H34FN5O3. The molecule has 1 aromatic carbocycles. The normalized spacial score (nSPS) is 25.8. The summed E-state index contributed by atoms with van der Waals surface area (Å²) in [6.07, 6.45) is 5.38. The van der Waals surface area contributed by atoms with E-state index in [4.69, 9.17) is 0 Å². The minimum absolute atomic E-state index is 0.00326. The number of fused-ring (bicyclic) bond motifs is 1. The lowest BCUT2D eigenvalue weighted by Gasteiger charge is -2.56. The van der Waals surface area contributed by atoms with Crippen molar-refractivity contribution in [2.45, 2.75) is 70.6 Å². The second-order valence-corrected chi connectivity index (χ2v) is 9.50. The zero-order chi connectivity index (χ0) is 23.7. The average molecular weight is 460 g/mol. The maximum Gasteiger partial charge on any atom is 0.338 e. The van der Waals surface area contributed by atoms with Crippen LogP contribution in [-0.4, -0.2) is 76.0 Å². The summed E-state index contributed by atoms with van der Waals surface area (Å²) in [6.45, 7) is 4.29. The number of piperazine rings is 1. The number of halogens is 1. The molecule has 8 nitrogen and oxygen atoms in total. The molecule has 1 aliphatic carbocycles. The second-order valence-electron chi connectivity index (χ2n) is 9.50. The number of benzene rings is 1. The van der Waals surface area contributed by atoms with Crippen molar-refractivity contribution in [1.29, 1.82) is 0 Å². The second kappa shape index (κ2) is 9.67. The lowest BCUT2D eigenvalue weighted by Crippen LogP contribution is -2.77. The predicted molar refractivity (Wildman–Crippen MR) is 122 cm³/mol. The number of urea groups is 1. The van der Waals surface area contributed by atoms with E-state index in [1.165, 1.54) is 29.6 Å². The topological polar surface area (TPSA) is 76.2 Å². The monoisotopic (exact) mass is 459 g/mol. The Labute approximate surface area is 194 Å². The van der Waals surface area contributed by atoms with Crippen LogP contribution in [0.5, 0.6) is 0 Å². The molecule has 180 valence electrons. The molecule has 2 saturated heterocycles. The third-order valence-corrected chi connectivity index (χ3v) is 7.30. The quantitative estimate of drug-likeness (QED) is 0.750. The first-order chi connectivity index (χ1) is 15.8. The maximum absolute atomic E-state index is 13.7. The van der Waals surface area contributed by atoms with Gasteiger partial charge >= 0.3 is 6.03 Å². The SMILES string of the molecule is CCC(C)[C@H]1C(=O)N(C2CCCCC2)C[C@H]2N1C(=O)CN(C)N2C(=O)Nc1cccc(F)c1. The van der Waals surface area contributed by atoms with Gasteiger partial charge < -0.3 is 15.1 Å². The molecule has 1 unspecified atom stereocenters. The van der Waals surface area contributed by atoms with Crippen LogP contribution in [0.15, 0.2) is 24.3 Å². The molecule has 0 bridgehead atoms. The molecular weight excluding hydrogens is 425 g/mol. The van der Waals surface area contributed by atoms with E-state index in [1.807, 2.05) is 18.7 Å². The van der Waals surface area contributed by atoms with Crippen LogP contribution in [0.1, 0.15) is 52.4 Å². The molecule has 3 aliphatic rings. The molecule has 1 aromatic rings. The van der Waals surface area contributed by atoms with Crippen LogP contribution in [0.25, 0.3) is 0 Å². The Morgan fingerprint density at radius 1 is 1.21 bits per heavy atom. The first-order valence-corrected chi connectivity index (χ1v) is 12.0. The van der Waals surface area contributed by atoms with E-state index in [2.05, 4.69) is 5.32 Å². The maximum atomic E-state index is 13.7. The van der Waals surface area contributed by atoms with Crippen LogP contribution in [0, 0.1) is 11.7 Å². The Hall–Kier alpha value is -2.68. The highest BCUT2D eigenvalue weighted by Crippen LogP contribution is 2.34. The highest BCUT2D eigenvalue weighted by molar-refractivity contribution is 5.94. The Kier molecular flexibility index (Phi) is 6.88. The predicted octanol–water partition coefficient (Wildman–Crippen LogP) is 3.26. The van der Waals surface area contributed by atoms with Crippen LogP contribution in [0.2, 0.25) is 0 Å². The summed E-state index contributed by atoms with van der Waals surface area (Å²) < 4.78 is 13.7. The van der Waals surface area contributed by atoms with Crippen molar-refractivity contribution in [3.05, 3.63) is 30.1 Å². The van der Waals surface area contributed by atoms with Crippen LogP contribution < -0.4 is 5.32 Å². The van der Waals surface area contributed by atoms with Gasteiger partial charge in [0.1, 0.15) is 18.0 Å². The summed E-state index contributed by atoms with van der Waals surface area (Å²) in [6, 6.07) is 4.81. The fourth-order valence-electron chi connectivity index (χ4n) is 5.43. The zero-order valence-corrected chi connectivity index (χ0v) is 19.7. The minimum Gasteiger partial charge on any atom is -0.334 e. The van der Waals surface area contributed by atoms with Crippen molar-refractivity contribution < 1.29 is 18.8 Å². The summed E-state index contributed by atoms with van der Waals surface area (Å²) in [5, 5.41) is 5.87. The van der Waals surface area contributed by atoms with Gasteiger partial charge in [-0.05, 0) is 37.0 Å². The molecule has 9 heteroatoms. The van der Waals surface area contributed by atoms with Crippen molar-refractivity contribution in [2.24, 2.45) is 5.92 Å². The summed E-state index contributed by atoms with van der Waals surface area (Å²) in [5.74, 6) is -0.637. The summed E-state index contributed by atoms with van der Waals surface area (Å²) in [5.41, 5.74) is 0.339. The molecule has 2 heterocycles. The van der Waals surface area contributed by atoms with Crippen LogP contribution in [0.3, 0.4) is 0 Å². The van der Waals surface area contributed by atoms with Gasteiger partial charge in [-0.1, -0.05) is 45.6 Å². The fourth-order valence-corrected chi connectivity index (χ4v) is 5.43. The molecule has 3 fully saturated rings. The largest absolute Gasteiger partial charge is 0.338 e. The smallest absolute Gasteiger partial charge is 0.334 e. The van der Waals surface area contributed by atoms with Gasteiger partial charge in [-0.25, -0.2) is 19.2 Å². The summed E-state index contributed by atoms with van der Waals surface area (Å²) >= 11 is 0. The van der Waals surface area contributed by atoms with Crippen molar-refractivity contribution >= 4 is 23.5 Å². The van der Waals surface area contributed by atoms with E-state index in [1.54, 1.807) is 23.0 Å². The van der Waals surface area contributed by atoms with Gasteiger partial charge in [0.05, 0.1) is 13.1 Å².